The molecule has 0 heteroatoms. The van der Waals surface area contributed by atoms with Crippen LogP contribution in [0.4, 0.5) is 0 Å². The van der Waals surface area contributed by atoms with Crippen LogP contribution in [0.3, 0.4) is 0 Å². The summed E-state index contributed by atoms with van der Waals surface area (Å²) in [5, 5.41) is 15.2. The Balaban J connectivity index is 0.000000142. The third kappa shape index (κ3) is 10.3. The highest BCUT2D eigenvalue weighted by Gasteiger charge is 2.39. The largest absolute Gasteiger partial charge is 0.0622 e. The fourth-order valence-electron chi connectivity index (χ4n) is 19.9. The first-order valence-electron chi connectivity index (χ1n) is 39.3. The van der Waals surface area contributed by atoms with Gasteiger partial charge in [-0.3, -0.25) is 0 Å². The van der Waals surface area contributed by atoms with Gasteiger partial charge >= 0.3 is 0 Å². The maximum atomic E-state index is 2.49. The van der Waals surface area contributed by atoms with Crippen LogP contribution < -0.4 is 0 Å². The van der Waals surface area contributed by atoms with Gasteiger partial charge in [0.2, 0.25) is 0 Å². The van der Waals surface area contributed by atoms with Crippen molar-refractivity contribution in [3.05, 3.63) is 409 Å². The molecule has 19 aromatic rings. The van der Waals surface area contributed by atoms with Gasteiger partial charge in [0.05, 0.1) is 0 Å². The molecule has 0 bridgehead atoms. The van der Waals surface area contributed by atoms with Gasteiger partial charge in [-0.1, -0.05) is 387 Å². The minimum absolute atomic E-state index is 0.0611. The van der Waals surface area contributed by atoms with Crippen LogP contribution in [0.5, 0.6) is 0 Å². The van der Waals surface area contributed by atoms with E-state index in [9.17, 15) is 0 Å². The second-order valence-electron chi connectivity index (χ2n) is 32.4. The summed E-state index contributed by atoms with van der Waals surface area (Å²) in [6, 6.07) is 141. The normalized spacial score (nSPS) is 13.7. The first-order valence-corrected chi connectivity index (χ1v) is 39.3. The second kappa shape index (κ2) is 25.4. The van der Waals surface area contributed by atoms with Gasteiger partial charge in [-0.05, 0) is 251 Å². The molecule has 0 saturated heterocycles. The Labute approximate surface area is 649 Å². The summed E-state index contributed by atoms with van der Waals surface area (Å²) in [5.41, 5.74) is 36.4. The molecule has 0 radical (unpaired) electrons. The zero-order valence-electron chi connectivity index (χ0n) is 63.3. The molecule has 0 amide bonds. The first kappa shape index (κ1) is 66.0. The molecule has 111 heavy (non-hydrogen) atoms. The van der Waals surface area contributed by atoms with E-state index in [0.717, 1.165) is 0 Å². The molecule has 0 fully saturated rings. The lowest BCUT2D eigenvalue weighted by Gasteiger charge is -2.24. The maximum absolute atomic E-state index is 2.49. The molecular formula is C111H80. The molecule has 0 heterocycles. The molecule has 3 aliphatic rings. The van der Waals surface area contributed by atoms with Crippen molar-refractivity contribution < 1.29 is 0 Å². The smallest absolute Gasteiger partial charge is 0.0159 e. The summed E-state index contributed by atoms with van der Waals surface area (Å²) in [6.45, 7) is 14.2. The number of hydrogen-bond donors (Lipinski definition) is 0. The van der Waals surface area contributed by atoms with Gasteiger partial charge in [-0.15, -0.1) is 0 Å². The van der Waals surface area contributed by atoms with Crippen LogP contribution >= 0.6 is 0 Å². The van der Waals surface area contributed by atoms with Crippen molar-refractivity contribution in [2.75, 3.05) is 0 Å². The van der Waals surface area contributed by atoms with Gasteiger partial charge in [-0.2, -0.15) is 0 Å². The van der Waals surface area contributed by atoms with Crippen LogP contribution in [0.2, 0.25) is 0 Å². The SMILES string of the molecule is CC1(C)c2ccccc2-c2ccc(-c3c4ccccc4c(-c4ccc(-c5ccccc5)c5ccccc45)c4ccc(-c5ccccc5)cc34)cc21.CC1(C)c2ccccc2-c2ccc(-c3ccc(-c4c5ccccc5c(-c5ccc6c(c5)C(C)(C)c5ccccc5-6)c5cc(-c6ccccc6)ccc45)c4ccccc34)cc21. The summed E-state index contributed by atoms with van der Waals surface area (Å²) in [7, 11) is 0. The molecule has 3 aliphatic carbocycles. The van der Waals surface area contributed by atoms with E-state index in [4.69, 9.17) is 0 Å². The molecule has 0 aliphatic heterocycles. The van der Waals surface area contributed by atoms with E-state index in [1.54, 1.807) is 0 Å². The van der Waals surface area contributed by atoms with Crippen LogP contribution in [0.15, 0.2) is 376 Å². The minimum Gasteiger partial charge on any atom is -0.0622 e. The fourth-order valence-corrected chi connectivity index (χ4v) is 19.9. The average molecular weight is 1410 g/mol. The monoisotopic (exact) mass is 1410 g/mol. The van der Waals surface area contributed by atoms with Crippen molar-refractivity contribution >= 4 is 64.6 Å². The lowest BCUT2D eigenvalue weighted by Crippen LogP contribution is -2.14. The summed E-state index contributed by atoms with van der Waals surface area (Å²) < 4.78 is 0. The van der Waals surface area contributed by atoms with Crippen molar-refractivity contribution in [1.29, 1.82) is 0 Å². The van der Waals surface area contributed by atoms with E-state index in [1.165, 1.54) is 220 Å². The van der Waals surface area contributed by atoms with Crippen LogP contribution in [-0.2, 0) is 16.2 Å². The van der Waals surface area contributed by atoms with Crippen LogP contribution in [0, 0.1) is 0 Å². The summed E-state index contributed by atoms with van der Waals surface area (Å²) >= 11 is 0. The molecule has 0 aromatic heterocycles. The Hall–Kier alpha value is -13.3. The molecule has 0 saturated carbocycles. The Morgan fingerprint density at radius 1 is 0.126 bits per heavy atom. The van der Waals surface area contributed by atoms with Gasteiger partial charge in [0.1, 0.15) is 0 Å². The Kier molecular flexibility index (Phi) is 15.1. The van der Waals surface area contributed by atoms with E-state index in [2.05, 4.69) is 418 Å². The van der Waals surface area contributed by atoms with E-state index >= 15 is 0 Å². The zero-order valence-corrected chi connectivity index (χ0v) is 63.3. The van der Waals surface area contributed by atoms with Crippen LogP contribution in [0.25, 0.3) is 187 Å². The van der Waals surface area contributed by atoms with Gasteiger partial charge in [0.25, 0.3) is 0 Å². The van der Waals surface area contributed by atoms with E-state index in [1.807, 2.05) is 0 Å². The average Bonchev–Trinajstić information content (AvgIpc) is 1.71. The summed E-state index contributed by atoms with van der Waals surface area (Å²) in [4.78, 5) is 0. The topological polar surface area (TPSA) is 0 Å². The molecule has 0 spiro atoms. The predicted octanol–water partition coefficient (Wildman–Crippen LogP) is 30.5. The fraction of sp³-hybridized carbons (Fsp3) is 0.0811. The Bertz CT molecular complexity index is 7060. The second-order valence-corrected chi connectivity index (χ2v) is 32.4. The molecular weight excluding hydrogens is 1330 g/mol. The van der Waals surface area contributed by atoms with Crippen molar-refractivity contribution in [3.8, 4) is 122 Å². The molecule has 0 nitrogen and oxygen atoms in total. The molecule has 0 atom stereocenters. The summed E-state index contributed by atoms with van der Waals surface area (Å²) in [5.74, 6) is 0. The zero-order chi connectivity index (χ0) is 74.4. The van der Waals surface area contributed by atoms with Crippen LogP contribution in [0.1, 0.15) is 74.9 Å². The van der Waals surface area contributed by atoms with Crippen molar-refractivity contribution in [3.63, 3.8) is 0 Å². The number of rotatable bonds is 8. The number of hydrogen-bond acceptors (Lipinski definition) is 0. The highest BCUT2D eigenvalue weighted by molar-refractivity contribution is 6.27. The standard InChI is InChI=1S/C60H44.C51H36/c1-59(2)53-24-14-12-20-44(53)46-29-27-39(35-55(46)59)41-32-33-50(43-19-9-8-18-42(41)43)58-49-23-11-10-22-48(49)57(52-34-38(26-31-51(52)58)37-16-6-5-7-17-37)40-28-30-47-45-21-13-15-25-54(45)60(3,4)56(47)36-40;1-51(2)47-24-14-13-21-40(47)41-27-26-36(32-48(41)51)49-42-22-11-12-23-43(42)50(45-28-25-35(31-46(45)49)33-15-5-3-6-16-33)44-30-29-37(34-17-7-4-8-18-34)38-19-9-10-20-39(38)44/h5-36H,1-4H3;3-32H,1-2H3. The quantitative estimate of drug-likeness (QED) is 0.133. The van der Waals surface area contributed by atoms with Gasteiger partial charge in [0.15, 0.2) is 0 Å². The van der Waals surface area contributed by atoms with Gasteiger partial charge < -0.3 is 0 Å². The van der Waals surface area contributed by atoms with Crippen LogP contribution in [-0.4, -0.2) is 0 Å². The van der Waals surface area contributed by atoms with Crippen molar-refractivity contribution in [1.82, 2.24) is 0 Å². The van der Waals surface area contributed by atoms with E-state index in [0.29, 0.717) is 0 Å². The predicted molar refractivity (Wildman–Crippen MR) is 474 cm³/mol. The van der Waals surface area contributed by atoms with E-state index in [-0.39, 0.29) is 16.2 Å². The third-order valence-electron chi connectivity index (χ3n) is 25.4. The third-order valence-corrected chi connectivity index (χ3v) is 25.4. The van der Waals surface area contributed by atoms with Gasteiger partial charge in [-0.25, -0.2) is 0 Å². The maximum Gasteiger partial charge on any atom is 0.0159 e. The highest BCUT2D eigenvalue weighted by Crippen LogP contribution is 2.57. The minimum atomic E-state index is -0.0953. The van der Waals surface area contributed by atoms with E-state index < -0.39 is 0 Å². The first-order chi connectivity index (χ1) is 54.4. The van der Waals surface area contributed by atoms with Crippen molar-refractivity contribution in [2.45, 2.75) is 57.8 Å². The van der Waals surface area contributed by atoms with Crippen molar-refractivity contribution in [2.24, 2.45) is 0 Å². The Morgan fingerprint density at radius 2 is 0.369 bits per heavy atom. The molecule has 19 aromatic carbocycles. The summed E-state index contributed by atoms with van der Waals surface area (Å²) in [6.07, 6.45) is 0. The highest BCUT2D eigenvalue weighted by atomic mass is 14.4. The lowest BCUT2D eigenvalue weighted by atomic mass is 9.79. The molecule has 0 unspecified atom stereocenters. The molecule has 524 valence electrons. The number of fused-ring (bicyclic) bond motifs is 15. The Morgan fingerprint density at radius 3 is 0.748 bits per heavy atom. The molecule has 22 rings (SSSR count). The lowest BCUT2D eigenvalue weighted by molar-refractivity contribution is 0.660. The number of benzene rings is 19. The molecule has 0 N–H and O–H groups in total. The van der Waals surface area contributed by atoms with Gasteiger partial charge in [0, 0.05) is 16.2 Å².